The van der Waals surface area contributed by atoms with Crippen LogP contribution in [0.4, 0.5) is 14.9 Å². The van der Waals surface area contributed by atoms with Crippen LogP contribution >= 0.6 is 0 Å². The molecule has 3 rings (SSSR count). The molecule has 1 heterocycles. The molecular weight excluding hydrogens is 313 g/mol. The summed E-state index contributed by atoms with van der Waals surface area (Å²) in [5.74, 6) is -1.19. The van der Waals surface area contributed by atoms with Gasteiger partial charge in [0.15, 0.2) is 0 Å². The Morgan fingerprint density at radius 1 is 1.08 bits per heavy atom. The molecule has 1 aliphatic heterocycles. The van der Waals surface area contributed by atoms with E-state index in [1.54, 1.807) is 42.5 Å². The minimum Gasteiger partial charge on any atom is -0.326 e. The summed E-state index contributed by atoms with van der Waals surface area (Å²) < 4.78 is 13.5. The minimum absolute atomic E-state index is 0.0739. The maximum absolute atomic E-state index is 13.5. The van der Waals surface area contributed by atoms with Gasteiger partial charge in [-0.05, 0) is 29.3 Å². The third-order valence-electron chi connectivity index (χ3n) is 3.61. The lowest BCUT2D eigenvalue weighted by Gasteiger charge is -2.10. The normalized spacial score (nSPS) is 16.5. The lowest BCUT2D eigenvalue weighted by Crippen LogP contribution is -2.22. The fraction of sp³-hybridized carbons (Fsp3) is 0.118. The number of nitrogens with one attached hydrogen (secondary N) is 3. The minimum atomic E-state index is -0.735. The van der Waals surface area contributed by atoms with E-state index in [4.69, 9.17) is 0 Å². The number of anilines is 1. The molecule has 6 nitrogen and oxygen atoms in total. The summed E-state index contributed by atoms with van der Waals surface area (Å²) in [4.78, 5) is 34.7. The molecule has 122 valence electrons. The second kappa shape index (κ2) is 6.49. The number of carbonyl (C=O) groups is 3. The van der Waals surface area contributed by atoms with Gasteiger partial charge in [-0.1, -0.05) is 30.3 Å². The largest absolute Gasteiger partial charge is 0.326 e. The molecule has 7 heteroatoms. The Bertz CT molecular complexity index is 805. The van der Waals surface area contributed by atoms with Gasteiger partial charge in [0.05, 0.1) is 6.42 Å². The van der Waals surface area contributed by atoms with Crippen LogP contribution in [0.2, 0.25) is 0 Å². The first-order valence-electron chi connectivity index (χ1n) is 7.27. The highest BCUT2D eigenvalue weighted by Gasteiger charge is 2.30. The zero-order valence-corrected chi connectivity index (χ0v) is 12.5. The predicted molar refractivity (Wildman–Crippen MR) is 84.6 cm³/mol. The molecule has 1 fully saturated rings. The number of imide groups is 1. The fourth-order valence-corrected chi connectivity index (χ4v) is 2.43. The van der Waals surface area contributed by atoms with Gasteiger partial charge in [-0.2, -0.15) is 0 Å². The summed E-state index contributed by atoms with van der Waals surface area (Å²) >= 11 is 0. The SMILES string of the molecule is O=C(Cc1ccccc1F)Nc1ccc(C2NC(=O)NC2=O)cc1. The summed E-state index contributed by atoms with van der Waals surface area (Å²) in [6.45, 7) is 0. The van der Waals surface area contributed by atoms with E-state index in [1.807, 2.05) is 0 Å². The van der Waals surface area contributed by atoms with Gasteiger partial charge in [0.1, 0.15) is 11.9 Å². The van der Waals surface area contributed by atoms with Crippen LogP contribution in [0.5, 0.6) is 0 Å². The highest BCUT2D eigenvalue weighted by atomic mass is 19.1. The average molecular weight is 327 g/mol. The topological polar surface area (TPSA) is 87.3 Å². The number of rotatable bonds is 4. The monoisotopic (exact) mass is 327 g/mol. The molecule has 3 N–H and O–H groups in total. The molecule has 1 aliphatic rings. The van der Waals surface area contributed by atoms with Crippen molar-refractivity contribution in [3.63, 3.8) is 0 Å². The van der Waals surface area contributed by atoms with Crippen molar-refractivity contribution in [1.82, 2.24) is 10.6 Å². The number of carbonyl (C=O) groups excluding carboxylic acids is 3. The van der Waals surface area contributed by atoms with Gasteiger partial charge in [0.2, 0.25) is 5.91 Å². The number of urea groups is 1. The molecule has 1 atom stereocenters. The van der Waals surface area contributed by atoms with Crippen molar-refractivity contribution in [3.8, 4) is 0 Å². The molecule has 2 aromatic carbocycles. The zero-order chi connectivity index (χ0) is 17.1. The summed E-state index contributed by atoms with van der Waals surface area (Å²) in [6.07, 6.45) is -0.0739. The van der Waals surface area contributed by atoms with Crippen LogP contribution < -0.4 is 16.0 Å². The van der Waals surface area contributed by atoms with Crippen molar-refractivity contribution in [1.29, 1.82) is 0 Å². The summed E-state index contributed by atoms with van der Waals surface area (Å²) in [5.41, 5.74) is 1.44. The molecule has 0 radical (unpaired) electrons. The Morgan fingerprint density at radius 3 is 2.42 bits per heavy atom. The maximum atomic E-state index is 13.5. The van der Waals surface area contributed by atoms with Crippen LogP contribution in [0.1, 0.15) is 17.2 Å². The standard InChI is InChI=1S/C17H14FN3O3/c18-13-4-2-1-3-11(13)9-14(22)19-12-7-5-10(6-8-12)15-16(23)21-17(24)20-15/h1-8,15H,9H2,(H,19,22)(H2,20,21,23,24). The highest BCUT2D eigenvalue weighted by Crippen LogP contribution is 2.19. The van der Waals surface area contributed by atoms with Crippen LogP contribution in [-0.4, -0.2) is 17.8 Å². The van der Waals surface area contributed by atoms with E-state index in [2.05, 4.69) is 16.0 Å². The second-order valence-corrected chi connectivity index (χ2v) is 5.33. The van der Waals surface area contributed by atoms with Gasteiger partial charge >= 0.3 is 6.03 Å². The Labute approximate surface area is 137 Å². The van der Waals surface area contributed by atoms with Gasteiger partial charge in [-0.15, -0.1) is 0 Å². The van der Waals surface area contributed by atoms with Gasteiger partial charge in [-0.3, -0.25) is 14.9 Å². The lowest BCUT2D eigenvalue weighted by molar-refractivity contribution is -0.120. The van der Waals surface area contributed by atoms with Crippen LogP contribution in [0.25, 0.3) is 0 Å². The Balaban J connectivity index is 1.64. The van der Waals surface area contributed by atoms with E-state index in [1.165, 1.54) is 6.07 Å². The molecule has 24 heavy (non-hydrogen) atoms. The van der Waals surface area contributed by atoms with E-state index in [0.717, 1.165) is 0 Å². The first kappa shape index (κ1) is 15.7. The quantitative estimate of drug-likeness (QED) is 0.750. The molecule has 0 bridgehead atoms. The van der Waals surface area contributed by atoms with Gasteiger partial charge in [-0.25, -0.2) is 9.18 Å². The number of halogens is 1. The number of benzene rings is 2. The smallest absolute Gasteiger partial charge is 0.322 e. The van der Waals surface area contributed by atoms with Gasteiger partial charge in [0, 0.05) is 5.69 Å². The predicted octanol–water partition coefficient (Wildman–Crippen LogP) is 1.89. The van der Waals surface area contributed by atoms with Crippen LogP contribution in [0, 0.1) is 5.82 Å². The molecule has 0 aromatic heterocycles. The molecule has 4 amide bonds. The van der Waals surface area contributed by atoms with Crippen molar-refractivity contribution >= 4 is 23.5 Å². The molecular formula is C17H14FN3O3. The van der Waals surface area contributed by atoms with E-state index in [-0.39, 0.29) is 12.3 Å². The van der Waals surface area contributed by atoms with Crippen molar-refractivity contribution in [2.24, 2.45) is 0 Å². The van der Waals surface area contributed by atoms with Gasteiger partial charge in [0.25, 0.3) is 5.91 Å². The van der Waals surface area contributed by atoms with Crippen molar-refractivity contribution < 1.29 is 18.8 Å². The Morgan fingerprint density at radius 2 is 1.79 bits per heavy atom. The summed E-state index contributed by atoms with van der Waals surface area (Å²) in [5, 5.41) is 7.30. The van der Waals surface area contributed by atoms with Crippen LogP contribution in [-0.2, 0) is 16.0 Å². The molecule has 0 spiro atoms. The Hall–Kier alpha value is -3.22. The first-order chi connectivity index (χ1) is 11.5. The maximum Gasteiger partial charge on any atom is 0.322 e. The number of amides is 4. The highest BCUT2D eigenvalue weighted by molar-refractivity contribution is 6.04. The van der Waals surface area contributed by atoms with Crippen LogP contribution in [0.15, 0.2) is 48.5 Å². The first-order valence-corrected chi connectivity index (χ1v) is 7.27. The number of hydrogen-bond acceptors (Lipinski definition) is 3. The number of hydrogen-bond donors (Lipinski definition) is 3. The van der Waals surface area contributed by atoms with Crippen molar-refractivity contribution in [2.45, 2.75) is 12.5 Å². The Kier molecular flexibility index (Phi) is 4.24. The van der Waals surface area contributed by atoms with Crippen LogP contribution in [0.3, 0.4) is 0 Å². The molecule has 1 unspecified atom stereocenters. The third kappa shape index (κ3) is 3.40. The zero-order valence-electron chi connectivity index (χ0n) is 12.5. The third-order valence-corrected chi connectivity index (χ3v) is 3.61. The summed E-state index contributed by atoms with van der Waals surface area (Å²) in [7, 11) is 0. The molecule has 1 saturated heterocycles. The lowest BCUT2D eigenvalue weighted by atomic mass is 10.1. The molecule has 2 aromatic rings. The van der Waals surface area contributed by atoms with E-state index in [0.29, 0.717) is 16.8 Å². The van der Waals surface area contributed by atoms with Crippen molar-refractivity contribution in [3.05, 3.63) is 65.5 Å². The van der Waals surface area contributed by atoms with E-state index >= 15 is 0 Å². The summed E-state index contributed by atoms with van der Waals surface area (Å²) in [6, 6.07) is 11.3. The molecule has 0 aliphatic carbocycles. The second-order valence-electron chi connectivity index (χ2n) is 5.33. The molecule has 0 saturated carbocycles. The fourth-order valence-electron chi connectivity index (χ4n) is 2.43. The van der Waals surface area contributed by atoms with E-state index < -0.39 is 23.8 Å². The van der Waals surface area contributed by atoms with Gasteiger partial charge < -0.3 is 10.6 Å². The average Bonchev–Trinajstić information content (AvgIpc) is 2.89. The van der Waals surface area contributed by atoms with Crippen molar-refractivity contribution in [2.75, 3.05) is 5.32 Å². The van der Waals surface area contributed by atoms with E-state index in [9.17, 15) is 18.8 Å².